The lowest BCUT2D eigenvalue weighted by Gasteiger charge is -2.40. The van der Waals surface area contributed by atoms with Gasteiger partial charge in [-0.15, -0.1) is 0 Å². The smallest absolute Gasteiger partial charge is 0.163 e. The largest absolute Gasteiger partial charge is 0.507 e. The van der Waals surface area contributed by atoms with Gasteiger partial charge in [-0.3, -0.25) is 9.59 Å². The van der Waals surface area contributed by atoms with Crippen LogP contribution in [0.2, 0.25) is 0 Å². The first-order valence-electron chi connectivity index (χ1n) is 23.1. The third kappa shape index (κ3) is 7.88. The molecule has 3 aromatic carbocycles. The van der Waals surface area contributed by atoms with Crippen LogP contribution in [0.5, 0.6) is 17.2 Å². The van der Waals surface area contributed by atoms with Crippen molar-refractivity contribution >= 4 is 29.5 Å². The minimum absolute atomic E-state index is 0.0233. The molecule has 1 aliphatic heterocycles. The molecule has 3 heterocycles. The summed E-state index contributed by atoms with van der Waals surface area (Å²) in [5.41, 5.74) is 6.38. The van der Waals surface area contributed by atoms with Crippen LogP contribution < -0.4 is 10.1 Å². The Labute approximate surface area is 372 Å². The standard InChI is InChI=1S/C53H57N3O8/c57-24-19-39-46(59)14-11-30-25-41(50(61)47(26-30)64-34-8-1-2-9-34)49(60)33-7-3-6-32(27-33)35-12-13-43(56-52-38(35)18-23-55-52)40-28-44-37(17-22-54-44)42(48(40)51(39)62)29-53(63)20-15-31-5-4-10-45(58)36(31)16-21-53/h3-7,10,16-18,21-23,25-28,34-35,39,42-43,48-49,54-58,60-61,63H,1-2,8-9,11-15,19-20,24,29H2. The predicted octanol–water partition coefficient (Wildman–Crippen LogP) is 8.52. The first kappa shape index (κ1) is 42.1. The van der Waals surface area contributed by atoms with Crippen molar-refractivity contribution in [3.05, 3.63) is 141 Å². The molecule has 11 nitrogen and oxygen atoms in total. The fourth-order valence-corrected chi connectivity index (χ4v) is 11.5. The normalized spacial score (nSPS) is 26.9. The van der Waals surface area contributed by atoms with Gasteiger partial charge in [0.2, 0.25) is 0 Å². The molecule has 11 heteroatoms. The Balaban J connectivity index is 1.10. The van der Waals surface area contributed by atoms with Crippen molar-refractivity contribution in [2.24, 2.45) is 11.8 Å². The van der Waals surface area contributed by atoms with Crippen molar-refractivity contribution in [1.29, 1.82) is 0 Å². The van der Waals surface area contributed by atoms with Gasteiger partial charge in [-0.05, 0) is 140 Å². The first-order valence-corrected chi connectivity index (χ1v) is 23.1. The lowest BCUT2D eigenvalue weighted by molar-refractivity contribution is -0.136. The second kappa shape index (κ2) is 17.3. The highest BCUT2D eigenvalue weighted by Crippen LogP contribution is 2.50. The Morgan fingerprint density at radius 2 is 1.62 bits per heavy atom. The van der Waals surface area contributed by atoms with Gasteiger partial charge in [0.1, 0.15) is 23.5 Å². The maximum atomic E-state index is 15.7. The van der Waals surface area contributed by atoms with E-state index in [-0.39, 0.29) is 84.7 Å². The highest BCUT2D eigenvalue weighted by atomic mass is 16.5. The van der Waals surface area contributed by atoms with Gasteiger partial charge in [0.15, 0.2) is 17.3 Å². The number of aromatic amines is 2. The Hall–Kier alpha value is -5.88. The number of H-pyrrole nitrogens is 2. The summed E-state index contributed by atoms with van der Waals surface area (Å²) in [6.45, 7) is -0.371. The molecule has 1 saturated carbocycles. The van der Waals surface area contributed by atoms with Crippen LogP contribution in [-0.4, -0.2) is 71.4 Å². The molecule has 6 bridgehead atoms. The van der Waals surface area contributed by atoms with E-state index in [1.807, 2.05) is 42.7 Å². The first-order chi connectivity index (χ1) is 31.1. The zero-order chi connectivity index (χ0) is 44.1. The fraction of sp³-hybridized carbons (Fsp3) is 0.396. The number of aliphatic hydroxyl groups is 3. The minimum Gasteiger partial charge on any atom is -0.507 e. The highest BCUT2D eigenvalue weighted by Gasteiger charge is 2.47. The molecule has 0 spiro atoms. The van der Waals surface area contributed by atoms with E-state index in [0.29, 0.717) is 42.4 Å². The summed E-state index contributed by atoms with van der Waals surface area (Å²) < 4.78 is 6.40. The summed E-state index contributed by atoms with van der Waals surface area (Å²) in [7, 11) is 0. The van der Waals surface area contributed by atoms with Gasteiger partial charge in [-0.2, -0.15) is 0 Å². The van der Waals surface area contributed by atoms with Gasteiger partial charge in [0.05, 0.1) is 17.6 Å². The third-order valence-corrected chi connectivity index (χ3v) is 14.8. The van der Waals surface area contributed by atoms with Crippen molar-refractivity contribution < 1.29 is 39.9 Å². The van der Waals surface area contributed by atoms with Crippen molar-refractivity contribution in [2.45, 2.75) is 113 Å². The topological polar surface area (TPSA) is 188 Å². The van der Waals surface area contributed by atoms with Gasteiger partial charge in [0.25, 0.3) is 0 Å². The number of nitrogens with one attached hydrogen (secondary N) is 3. The number of hydrogen-bond donors (Lipinski definition) is 8. The molecule has 5 aromatic rings. The number of ether oxygens (including phenoxy) is 1. The number of Topliss-reactive ketones (excluding diaryl/α,β-unsaturated/α-hetero) is 2. The monoisotopic (exact) mass is 863 g/mol. The number of benzene rings is 3. The number of aromatic hydroxyl groups is 2. The van der Waals surface area contributed by atoms with E-state index in [1.165, 1.54) is 0 Å². The fourth-order valence-electron chi connectivity index (χ4n) is 11.5. The molecular weight excluding hydrogens is 807 g/mol. The number of hydrogen-bond acceptors (Lipinski definition) is 9. The van der Waals surface area contributed by atoms with Crippen LogP contribution in [0, 0.1) is 11.8 Å². The van der Waals surface area contributed by atoms with Gasteiger partial charge >= 0.3 is 0 Å². The van der Waals surface area contributed by atoms with E-state index < -0.39 is 29.5 Å². The molecule has 8 N–H and O–H groups in total. The average Bonchev–Trinajstić information content (AvgIpc) is 4.06. The van der Waals surface area contributed by atoms with E-state index in [9.17, 15) is 30.3 Å². The number of aliphatic hydroxyl groups excluding tert-OH is 2. The number of fused-ring (bicyclic) bond motifs is 14. The maximum Gasteiger partial charge on any atom is 0.163 e. The summed E-state index contributed by atoms with van der Waals surface area (Å²) in [4.78, 5) is 37.2. The van der Waals surface area contributed by atoms with Crippen LogP contribution >= 0.6 is 0 Å². The second-order valence-electron chi connectivity index (χ2n) is 18.8. The molecule has 2 aromatic heterocycles. The Kier molecular flexibility index (Phi) is 11.3. The summed E-state index contributed by atoms with van der Waals surface area (Å²) >= 11 is 0. The van der Waals surface area contributed by atoms with E-state index >= 15 is 4.79 Å². The number of anilines is 1. The lowest BCUT2D eigenvalue weighted by Crippen LogP contribution is -2.43. The molecule has 0 amide bonds. The summed E-state index contributed by atoms with van der Waals surface area (Å²) in [5, 5.41) is 61.5. The summed E-state index contributed by atoms with van der Waals surface area (Å²) in [5.74, 6) is -2.13. The van der Waals surface area contributed by atoms with Crippen LogP contribution in [0.1, 0.15) is 132 Å². The van der Waals surface area contributed by atoms with Crippen LogP contribution in [0.3, 0.4) is 0 Å². The van der Waals surface area contributed by atoms with E-state index in [2.05, 4.69) is 33.5 Å². The molecule has 4 aliphatic carbocycles. The van der Waals surface area contributed by atoms with Crippen molar-refractivity contribution in [3.63, 3.8) is 0 Å². The van der Waals surface area contributed by atoms with E-state index in [1.54, 1.807) is 36.4 Å². The lowest BCUT2D eigenvalue weighted by atomic mass is 9.65. The zero-order valence-corrected chi connectivity index (χ0v) is 35.9. The van der Waals surface area contributed by atoms with Crippen LogP contribution in [0.15, 0.2) is 90.8 Å². The average molecular weight is 864 g/mol. The van der Waals surface area contributed by atoms with E-state index in [4.69, 9.17) is 4.74 Å². The van der Waals surface area contributed by atoms with Gasteiger partial charge in [0, 0.05) is 71.6 Å². The Morgan fingerprint density at radius 1 is 0.828 bits per heavy atom. The molecule has 1 fully saturated rings. The molecule has 0 radical (unpaired) electrons. The molecule has 0 saturated heterocycles. The molecule has 5 aliphatic rings. The maximum absolute atomic E-state index is 15.7. The molecular formula is C53H57N3O8. The number of carbonyl (C=O) groups excluding carboxylic acids is 2. The number of phenols is 2. The number of carbonyl (C=O) groups is 2. The minimum atomic E-state index is -1.37. The number of rotatable bonds is 6. The van der Waals surface area contributed by atoms with E-state index in [0.717, 1.165) is 65.0 Å². The highest BCUT2D eigenvalue weighted by molar-refractivity contribution is 6.05. The van der Waals surface area contributed by atoms with Crippen molar-refractivity contribution in [3.8, 4) is 17.2 Å². The van der Waals surface area contributed by atoms with Gasteiger partial charge in [-0.1, -0.05) is 48.6 Å². The van der Waals surface area contributed by atoms with Gasteiger partial charge < -0.3 is 45.6 Å². The van der Waals surface area contributed by atoms with Crippen LogP contribution in [0.25, 0.3) is 12.2 Å². The molecule has 64 heavy (non-hydrogen) atoms. The number of aromatic nitrogens is 2. The summed E-state index contributed by atoms with van der Waals surface area (Å²) in [6, 6.07) is 20.4. The molecule has 332 valence electrons. The number of phenolic OH excluding ortho intramolecular Hbond substituents is 2. The SMILES string of the molecule is O=C1CCc2cc(OC3CCCC3)c(O)c(c2)C(O)c2cccc(c2)C2CCC(Nc3[nH]ccc32)C2=Cc3[nH]ccc3C(CC3(O)C=Cc4c(O)cccc4CC3)C2C(=O)C1CCO. The Morgan fingerprint density at radius 3 is 2.47 bits per heavy atom. The molecule has 7 atom stereocenters. The van der Waals surface area contributed by atoms with Crippen molar-refractivity contribution in [1.82, 2.24) is 9.97 Å². The third-order valence-electron chi connectivity index (χ3n) is 14.8. The summed E-state index contributed by atoms with van der Waals surface area (Å²) in [6.07, 6.45) is 14.3. The second-order valence-corrected chi connectivity index (χ2v) is 18.8. The Bertz CT molecular complexity index is 2630. The zero-order valence-electron chi connectivity index (χ0n) is 35.9. The molecule has 7 unspecified atom stereocenters. The predicted molar refractivity (Wildman–Crippen MR) is 244 cm³/mol. The van der Waals surface area contributed by atoms with Crippen molar-refractivity contribution in [2.75, 3.05) is 11.9 Å². The number of aryl methyl sites for hydroxylation is 2. The van der Waals surface area contributed by atoms with Gasteiger partial charge in [-0.25, -0.2) is 0 Å². The van der Waals surface area contributed by atoms with Crippen LogP contribution in [-0.2, 0) is 22.4 Å². The van der Waals surface area contributed by atoms with Crippen LogP contribution in [0.4, 0.5) is 5.82 Å². The number of ketones is 2. The molecule has 10 rings (SSSR count). The quantitative estimate of drug-likeness (QED) is 0.0775.